The maximum absolute atomic E-state index is 10.4. The number of carboxylic acid groups (broad SMARTS) is 2. The Kier molecular flexibility index (Phi) is 7.85. The van der Waals surface area contributed by atoms with Gasteiger partial charge in [0.1, 0.15) is 0 Å². The molecule has 6 heteroatoms. The summed E-state index contributed by atoms with van der Waals surface area (Å²) in [7, 11) is 0. The topological polar surface area (TPSA) is 74.6 Å². The first-order valence-electron chi connectivity index (χ1n) is 3.18. The zero-order valence-electron chi connectivity index (χ0n) is 7.43. The van der Waals surface area contributed by atoms with Crippen LogP contribution in [0.5, 0.6) is 0 Å². The van der Waals surface area contributed by atoms with Gasteiger partial charge in [0.25, 0.3) is 0 Å². The van der Waals surface area contributed by atoms with E-state index in [0.29, 0.717) is 0 Å². The van der Waals surface area contributed by atoms with Gasteiger partial charge in [-0.05, 0) is 18.2 Å². The second-order valence-corrected chi connectivity index (χ2v) is 2.19. The summed E-state index contributed by atoms with van der Waals surface area (Å²) in [5, 5.41) is 17.0. The zero-order chi connectivity index (χ0) is 9.14. The predicted octanol–water partition coefficient (Wildman–Crippen LogP) is -1.92. The van der Waals surface area contributed by atoms with Crippen LogP contribution in [0.1, 0.15) is 20.7 Å². The van der Waals surface area contributed by atoms with Crippen molar-refractivity contribution in [2.45, 2.75) is 0 Å². The minimum atomic E-state index is -1.13. The number of hydrogen-bond donors (Lipinski definition) is 2. The molecule has 0 heterocycles. The first-order valence-corrected chi connectivity index (χ1v) is 3.18. The third-order valence-corrected chi connectivity index (χ3v) is 1.36. The van der Waals surface area contributed by atoms with Crippen molar-refractivity contribution in [2.24, 2.45) is 0 Å². The molecule has 4 radical (unpaired) electrons. The molecular formula is C8H6NaO4S+3. The van der Waals surface area contributed by atoms with Crippen LogP contribution in [0, 0.1) is 0 Å². The van der Waals surface area contributed by atoms with Gasteiger partial charge in [-0.3, -0.25) is 0 Å². The SMILES string of the molecule is O=C(O)c1cccc(C(=O)O)c1.[Na+].[S+2]. The van der Waals surface area contributed by atoms with Gasteiger partial charge in [-0.15, -0.1) is 0 Å². The Morgan fingerprint density at radius 2 is 1.36 bits per heavy atom. The first kappa shape index (κ1) is 16.0. The van der Waals surface area contributed by atoms with E-state index in [2.05, 4.69) is 0 Å². The molecule has 0 amide bonds. The second-order valence-electron chi connectivity index (χ2n) is 2.19. The van der Waals surface area contributed by atoms with Gasteiger partial charge in [-0.1, -0.05) is 6.07 Å². The van der Waals surface area contributed by atoms with Crippen LogP contribution in [-0.4, -0.2) is 22.2 Å². The van der Waals surface area contributed by atoms with Crippen molar-refractivity contribution in [3.05, 3.63) is 35.4 Å². The maximum atomic E-state index is 10.4. The van der Waals surface area contributed by atoms with Crippen LogP contribution in [0.2, 0.25) is 0 Å². The number of rotatable bonds is 2. The molecule has 0 saturated carbocycles. The van der Waals surface area contributed by atoms with Crippen LogP contribution in [0.3, 0.4) is 0 Å². The Labute approximate surface area is 110 Å². The molecule has 2 N–H and O–H groups in total. The average Bonchev–Trinajstić information content (AvgIpc) is 2.04. The standard InChI is InChI=1S/C8H6O4.Na.S/c9-7(10)5-2-1-3-6(4-5)8(11)12;;/h1-4H,(H,9,10)(H,11,12);;/q;+1;+2. The van der Waals surface area contributed by atoms with Gasteiger partial charge in [-0.2, -0.15) is 0 Å². The fraction of sp³-hybridized carbons (Fsp3) is 0. The largest absolute Gasteiger partial charge is 2.00 e. The molecule has 0 spiro atoms. The van der Waals surface area contributed by atoms with Crippen molar-refractivity contribution in [3.8, 4) is 0 Å². The molecule has 4 nitrogen and oxygen atoms in total. The molecule has 0 fully saturated rings. The zero-order valence-corrected chi connectivity index (χ0v) is 10.2. The second kappa shape index (κ2) is 6.89. The van der Waals surface area contributed by atoms with Crippen molar-refractivity contribution in [1.29, 1.82) is 0 Å². The number of benzene rings is 1. The number of hydrogen-bond acceptors (Lipinski definition) is 2. The minimum absolute atomic E-state index is 0. The predicted molar refractivity (Wildman–Crippen MR) is 47.7 cm³/mol. The molecule has 0 atom stereocenters. The fourth-order valence-electron chi connectivity index (χ4n) is 0.785. The van der Waals surface area contributed by atoms with Crippen molar-refractivity contribution >= 4 is 25.4 Å². The van der Waals surface area contributed by atoms with Crippen LogP contribution in [0.15, 0.2) is 24.3 Å². The van der Waals surface area contributed by atoms with E-state index in [1.54, 1.807) is 0 Å². The minimum Gasteiger partial charge on any atom is -0.478 e. The molecular weight excluding hydrogens is 215 g/mol. The van der Waals surface area contributed by atoms with Gasteiger partial charge in [0.05, 0.1) is 11.1 Å². The van der Waals surface area contributed by atoms with Crippen LogP contribution in [-0.2, 0) is 13.5 Å². The molecule has 14 heavy (non-hydrogen) atoms. The van der Waals surface area contributed by atoms with Crippen LogP contribution in [0.4, 0.5) is 0 Å². The van der Waals surface area contributed by atoms with E-state index in [1.165, 1.54) is 18.2 Å². The van der Waals surface area contributed by atoms with Gasteiger partial charge in [0.2, 0.25) is 0 Å². The van der Waals surface area contributed by atoms with E-state index >= 15 is 0 Å². The maximum Gasteiger partial charge on any atom is 2.00 e. The van der Waals surface area contributed by atoms with Gasteiger partial charge in [0.15, 0.2) is 0 Å². The summed E-state index contributed by atoms with van der Waals surface area (Å²) in [6, 6.07) is 5.20. The summed E-state index contributed by atoms with van der Waals surface area (Å²) in [4.78, 5) is 20.8. The Hall–Kier alpha value is -0.490. The van der Waals surface area contributed by atoms with Crippen molar-refractivity contribution in [2.75, 3.05) is 0 Å². The van der Waals surface area contributed by atoms with Gasteiger partial charge in [0, 0.05) is 0 Å². The quantitative estimate of drug-likeness (QED) is 0.571. The first-order chi connectivity index (χ1) is 5.61. The molecule has 0 saturated heterocycles. The summed E-state index contributed by atoms with van der Waals surface area (Å²) >= 11 is 0. The molecule has 0 unspecified atom stereocenters. The molecule has 1 rings (SSSR count). The summed E-state index contributed by atoms with van der Waals surface area (Å²) in [6.07, 6.45) is 0. The molecule has 66 valence electrons. The summed E-state index contributed by atoms with van der Waals surface area (Å²) < 4.78 is 0. The third kappa shape index (κ3) is 4.15. The molecule has 0 aliphatic carbocycles. The fourth-order valence-corrected chi connectivity index (χ4v) is 0.785. The Balaban J connectivity index is 0. The van der Waals surface area contributed by atoms with E-state index in [0.717, 1.165) is 6.07 Å². The third-order valence-electron chi connectivity index (χ3n) is 1.36. The van der Waals surface area contributed by atoms with E-state index in [-0.39, 0.29) is 54.2 Å². The molecule has 0 aromatic heterocycles. The summed E-state index contributed by atoms with van der Waals surface area (Å²) in [5.41, 5.74) is -0.0372. The van der Waals surface area contributed by atoms with Gasteiger partial charge < -0.3 is 10.2 Å². The molecule has 0 aliphatic heterocycles. The molecule has 1 aromatic rings. The van der Waals surface area contributed by atoms with Crippen LogP contribution >= 0.6 is 0 Å². The Morgan fingerprint density at radius 3 is 1.64 bits per heavy atom. The van der Waals surface area contributed by atoms with Crippen LogP contribution < -0.4 is 29.6 Å². The van der Waals surface area contributed by atoms with Crippen LogP contribution in [0.25, 0.3) is 0 Å². The van der Waals surface area contributed by atoms with Crippen molar-refractivity contribution < 1.29 is 49.4 Å². The number of aromatic carboxylic acids is 2. The molecule has 1 aromatic carbocycles. The average molecular weight is 221 g/mol. The van der Waals surface area contributed by atoms with E-state index in [1.807, 2.05) is 0 Å². The summed E-state index contributed by atoms with van der Waals surface area (Å²) in [6.45, 7) is 0. The summed E-state index contributed by atoms with van der Waals surface area (Å²) in [5.74, 6) is -2.25. The Bertz CT molecular complexity index is 311. The van der Waals surface area contributed by atoms with E-state index in [9.17, 15) is 9.59 Å². The van der Waals surface area contributed by atoms with E-state index in [4.69, 9.17) is 10.2 Å². The smallest absolute Gasteiger partial charge is 0.478 e. The van der Waals surface area contributed by atoms with Crippen molar-refractivity contribution in [1.82, 2.24) is 0 Å². The molecule has 0 aliphatic rings. The van der Waals surface area contributed by atoms with Gasteiger partial charge in [-0.25, -0.2) is 9.59 Å². The number of carbonyl (C=O) groups is 2. The Morgan fingerprint density at radius 1 is 1.00 bits per heavy atom. The molecule has 0 bridgehead atoms. The van der Waals surface area contributed by atoms with Crippen molar-refractivity contribution in [3.63, 3.8) is 0 Å². The number of carboxylic acids is 2. The van der Waals surface area contributed by atoms with Gasteiger partial charge >= 0.3 is 55.0 Å². The normalized spacial score (nSPS) is 8.00. The monoisotopic (exact) mass is 221 g/mol. The van der Waals surface area contributed by atoms with E-state index < -0.39 is 11.9 Å².